The van der Waals surface area contributed by atoms with Crippen molar-refractivity contribution in [3.8, 4) is 11.5 Å². The number of nitrogens with one attached hydrogen (secondary N) is 2. The zero-order valence-corrected chi connectivity index (χ0v) is 16.6. The highest BCUT2D eigenvalue weighted by Gasteiger charge is 2.52. The van der Waals surface area contributed by atoms with Crippen LogP contribution in [-0.4, -0.2) is 54.2 Å². The lowest BCUT2D eigenvalue weighted by Crippen LogP contribution is -2.58. The van der Waals surface area contributed by atoms with Gasteiger partial charge in [0.2, 0.25) is 18.6 Å². The quantitative estimate of drug-likeness (QED) is 0.802. The SMILES string of the molecule is CC(C)NC(=O)[C@@]12CCCCN1C[C@@H](NC(=O)Cc1ccc3c(c1)OCO3)C2. The third-order valence-electron chi connectivity index (χ3n) is 5.91. The first-order valence-corrected chi connectivity index (χ1v) is 10.2. The van der Waals surface area contributed by atoms with Crippen LogP contribution in [0.2, 0.25) is 0 Å². The summed E-state index contributed by atoms with van der Waals surface area (Å²) in [5.74, 6) is 1.49. The summed E-state index contributed by atoms with van der Waals surface area (Å²) in [6, 6.07) is 5.70. The van der Waals surface area contributed by atoms with Crippen LogP contribution in [0.25, 0.3) is 0 Å². The van der Waals surface area contributed by atoms with Gasteiger partial charge in [0, 0.05) is 18.6 Å². The fourth-order valence-electron chi connectivity index (χ4n) is 4.69. The molecule has 0 aromatic heterocycles. The molecule has 152 valence electrons. The fourth-order valence-corrected chi connectivity index (χ4v) is 4.69. The summed E-state index contributed by atoms with van der Waals surface area (Å²) in [6.45, 7) is 5.85. The summed E-state index contributed by atoms with van der Waals surface area (Å²) in [7, 11) is 0. The maximum atomic E-state index is 13.0. The van der Waals surface area contributed by atoms with E-state index in [0.717, 1.165) is 43.7 Å². The molecule has 0 aliphatic carbocycles. The van der Waals surface area contributed by atoms with Crippen molar-refractivity contribution in [2.24, 2.45) is 0 Å². The van der Waals surface area contributed by atoms with Crippen molar-refractivity contribution in [1.29, 1.82) is 0 Å². The average molecular weight is 387 g/mol. The molecule has 3 aliphatic rings. The molecule has 0 spiro atoms. The van der Waals surface area contributed by atoms with E-state index in [2.05, 4.69) is 15.5 Å². The molecule has 2 fully saturated rings. The van der Waals surface area contributed by atoms with Gasteiger partial charge < -0.3 is 20.1 Å². The Balaban J connectivity index is 1.39. The zero-order valence-electron chi connectivity index (χ0n) is 16.6. The van der Waals surface area contributed by atoms with Crippen LogP contribution in [0, 0.1) is 0 Å². The Morgan fingerprint density at radius 2 is 2.07 bits per heavy atom. The van der Waals surface area contributed by atoms with Gasteiger partial charge in [-0.3, -0.25) is 14.5 Å². The lowest BCUT2D eigenvalue weighted by atomic mass is 9.84. The van der Waals surface area contributed by atoms with E-state index in [0.29, 0.717) is 18.6 Å². The van der Waals surface area contributed by atoms with Gasteiger partial charge in [-0.15, -0.1) is 0 Å². The van der Waals surface area contributed by atoms with E-state index in [9.17, 15) is 9.59 Å². The molecule has 2 N–H and O–H groups in total. The number of ether oxygens (including phenoxy) is 2. The van der Waals surface area contributed by atoms with Gasteiger partial charge in [-0.25, -0.2) is 0 Å². The second kappa shape index (κ2) is 7.62. The molecule has 4 rings (SSSR count). The van der Waals surface area contributed by atoms with Crippen LogP contribution in [0.5, 0.6) is 11.5 Å². The molecule has 1 aromatic carbocycles. The number of carbonyl (C=O) groups excluding carboxylic acids is 2. The number of piperidine rings is 1. The Morgan fingerprint density at radius 3 is 2.89 bits per heavy atom. The van der Waals surface area contributed by atoms with Crippen molar-refractivity contribution < 1.29 is 19.1 Å². The molecule has 7 nitrogen and oxygen atoms in total. The molecule has 0 bridgehead atoms. The van der Waals surface area contributed by atoms with Crippen LogP contribution in [0.4, 0.5) is 0 Å². The molecule has 28 heavy (non-hydrogen) atoms. The maximum absolute atomic E-state index is 13.0. The van der Waals surface area contributed by atoms with Crippen LogP contribution in [0.15, 0.2) is 18.2 Å². The molecule has 7 heteroatoms. The number of amides is 2. The Morgan fingerprint density at radius 1 is 1.25 bits per heavy atom. The van der Waals surface area contributed by atoms with Gasteiger partial charge in [0.05, 0.1) is 6.42 Å². The molecular formula is C21H29N3O4. The Hall–Kier alpha value is -2.28. The first-order chi connectivity index (χ1) is 13.5. The molecule has 0 radical (unpaired) electrons. The number of carbonyl (C=O) groups is 2. The van der Waals surface area contributed by atoms with Gasteiger partial charge in [0.15, 0.2) is 11.5 Å². The maximum Gasteiger partial charge on any atom is 0.240 e. The molecule has 1 aromatic rings. The second-order valence-corrected chi connectivity index (χ2v) is 8.40. The third-order valence-corrected chi connectivity index (χ3v) is 5.91. The lowest BCUT2D eigenvalue weighted by molar-refractivity contribution is -0.134. The molecule has 2 amide bonds. The summed E-state index contributed by atoms with van der Waals surface area (Å²) in [5, 5.41) is 6.24. The van der Waals surface area contributed by atoms with Crippen LogP contribution in [-0.2, 0) is 16.0 Å². The lowest BCUT2D eigenvalue weighted by Gasteiger charge is -2.41. The molecule has 0 saturated carbocycles. The van der Waals surface area contributed by atoms with E-state index >= 15 is 0 Å². The van der Waals surface area contributed by atoms with E-state index in [1.165, 1.54) is 0 Å². The van der Waals surface area contributed by atoms with Crippen molar-refractivity contribution in [1.82, 2.24) is 15.5 Å². The predicted molar refractivity (Wildman–Crippen MR) is 104 cm³/mol. The molecular weight excluding hydrogens is 358 g/mol. The van der Waals surface area contributed by atoms with Gasteiger partial charge in [0.1, 0.15) is 5.54 Å². The Bertz CT molecular complexity index is 766. The molecule has 2 atom stereocenters. The van der Waals surface area contributed by atoms with Crippen molar-refractivity contribution in [3.05, 3.63) is 23.8 Å². The average Bonchev–Trinajstić information content (AvgIpc) is 3.24. The van der Waals surface area contributed by atoms with Crippen molar-refractivity contribution in [2.45, 2.75) is 63.6 Å². The summed E-state index contributed by atoms with van der Waals surface area (Å²) in [6.07, 6.45) is 3.99. The predicted octanol–water partition coefficient (Wildman–Crippen LogP) is 1.60. The van der Waals surface area contributed by atoms with E-state index < -0.39 is 5.54 Å². The van der Waals surface area contributed by atoms with Crippen LogP contribution >= 0.6 is 0 Å². The topological polar surface area (TPSA) is 79.9 Å². The van der Waals surface area contributed by atoms with Gasteiger partial charge in [-0.1, -0.05) is 6.07 Å². The minimum atomic E-state index is -0.473. The molecule has 0 unspecified atom stereocenters. The Kier molecular flexibility index (Phi) is 5.19. The van der Waals surface area contributed by atoms with Crippen molar-refractivity contribution in [3.63, 3.8) is 0 Å². The highest BCUT2D eigenvalue weighted by molar-refractivity contribution is 5.87. The van der Waals surface area contributed by atoms with Gasteiger partial charge in [0.25, 0.3) is 0 Å². The number of hydrogen-bond donors (Lipinski definition) is 2. The molecule has 2 saturated heterocycles. The van der Waals surface area contributed by atoms with E-state index in [1.54, 1.807) is 0 Å². The Labute approximate surface area is 165 Å². The summed E-state index contributed by atoms with van der Waals surface area (Å²) in [5.41, 5.74) is 0.420. The van der Waals surface area contributed by atoms with Gasteiger partial charge >= 0.3 is 0 Å². The smallest absolute Gasteiger partial charge is 0.240 e. The number of nitrogens with zero attached hydrogens (tertiary/aromatic N) is 1. The number of benzene rings is 1. The van der Waals surface area contributed by atoms with E-state index in [-0.39, 0.29) is 30.7 Å². The minimum absolute atomic E-state index is 0.00229. The van der Waals surface area contributed by atoms with Crippen LogP contribution in [0.1, 0.15) is 45.1 Å². The highest BCUT2D eigenvalue weighted by atomic mass is 16.7. The van der Waals surface area contributed by atoms with E-state index in [1.807, 2.05) is 32.0 Å². The van der Waals surface area contributed by atoms with Crippen molar-refractivity contribution in [2.75, 3.05) is 19.9 Å². The van der Waals surface area contributed by atoms with Gasteiger partial charge in [-0.05, 0) is 63.8 Å². The zero-order chi connectivity index (χ0) is 19.7. The van der Waals surface area contributed by atoms with E-state index in [4.69, 9.17) is 9.47 Å². The summed E-state index contributed by atoms with van der Waals surface area (Å²) in [4.78, 5) is 27.9. The van der Waals surface area contributed by atoms with Crippen LogP contribution < -0.4 is 20.1 Å². The largest absolute Gasteiger partial charge is 0.454 e. The van der Waals surface area contributed by atoms with Crippen molar-refractivity contribution >= 4 is 11.8 Å². The molecule has 3 heterocycles. The summed E-state index contributed by atoms with van der Waals surface area (Å²) < 4.78 is 10.7. The highest BCUT2D eigenvalue weighted by Crippen LogP contribution is 2.38. The monoisotopic (exact) mass is 387 g/mol. The number of rotatable bonds is 5. The third kappa shape index (κ3) is 3.68. The number of fused-ring (bicyclic) bond motifs is 2. The normalized spacial score (nSPS) is 26.2. The number of hydrogen-bond acceptors (Lipinski definition) is 5. The first-order valence-electron chi connectivity index (χ1n) is 10.2. The summed E-state index contributed by atoms with van der Waals surface area (Å²) >= 11 is 0. The minimum Gasteiger partial charge on any atom is -0.454 e. The fraction of sp³-hybridized carbons (Fsp3) is 0.619. The van der Waals surface area contributed by atoms with Gasteiger partial charge in [-0.2, -0.15) is 0 Å². The first kappa shape index (κ1) is 19.1. The van der Waals surface area contributed by atoms with Crippen LogP contribution in [0.3, 0.4) is 0 Å². The standard InChI is InChI=1S/C21H29N3O4/c1-14(2)22-20(26)21-7-3-4-8-24(21)12-16(11-21)23-19(25)10-15-5-6-17-18(9-15)28-13-27-17/h5-6,9,14,16H,3-4,7-8,10-13H2,1-2H3,(H,22,26)(H,23,25)/t16-,21-/m0/s1. The molecule has 3 aliphatic heterocycles. The second-order valence-electron chi connectivity index (χ2n) is 8.40.